The molecule has 1 heterocycles. The molecule has 0 aromatic heterocycles. The zero-order chi connectivity index (χ0) is 23.4. The molecule has 0 bridgehead atoms. The monoisotopic (exact) mass is 489 g/mol. The number of benzene rings is 2. The Bertz CT molecular complexity index is 1120. The summed E-state index contributed by atoms with van der Waals surface area (Å²) in [7, 11) is -3.41. The molecule has 33 heavy (non-hydrogen) atoms. The predicted molar refractivity (Wildman–Crippen MR) is 134 cm³/mol. The van der Waals surface area contributed by atoms with Crippen molar-refractivity contribution in [1.82, 2.24) is 9.21 Å². The maximum absolute atomic E-state index is 12.9. The summed E-state index contributed by atoms with van der Waals surface area (Å²) in [5.74, 6) is 0.733. The van der Waals surface area contributed by atoms with E-state index in [2.05, 4.69) is 0 Å². The number of sulfonamides is 1. The third-order valence-electron chi connectivity index (χ3n) is 6.92. The third kappa shape index (κ3) is 5.96. The van der Waals surface area contributed by atoms with Crippen LogP contribution in [0.5, 0.6) is 0 Å². The summed E-state index contributed by atoms with van der Waals surface area (Å²) in [5.41, 5.74) is 6.70. The number of nitrogens with zero attached hydrogens (tertiary/aromatic N) is 2. The molecule has 2 aromatic rings. The quantitative estimate of drug-likeness (QED) is 0.669. The summed E-state index contributed by atoms with van der Waals surface area (Å²) < 4.78 is 27.1. The first-order valence-electron chi connectivity index (χ1n) is 11.7. The molecule has 0 spiro atoms. The highest BCUT2D eigenvalue weighted by Crippen LogP contribution is 2.30. The van der Waals surface area contributed by atoms with Crippen LogP contribution >= 0.6 is 11.6 Å². The number of amides is 1. The summed E-state index contributed by atoms with van der Waals surface area (Å²) in [6.45, 7) is 2.34. The fourth-order valence-corrected chi connectivity index (χ4v) is 6.29. The van der Waals surface area contributed by atoms with Gasteiger partial charge in [-0.05, 0) is 72.7 Å². The number of nitrogens with two attached hydrogens (primary N) is 1. The number of carbonyl (C=O) groups excluding carboxylic acids is 1. The molecule has 1 aliphatic carbocycles. The lowest BCUT2D eigenvalue weighted by molar-refractivity contribution is -0.138. The van der Waals surface area contributed by atoms with Gasteiger partial charge in [0.1, 0.15) is 0 Å². The zero-order valence-electron chi connectivity index (χ0n) is 18.8. The normalized spacial score (nSPS) is 22.8. The molecule has 1 aliphatic heterocycles. The van der Waals surface area contributed by atoms with E-state index in [4.69, 9.17) is 17.3 Å². The SMILES string of the molecule is NCC1CCC(C(=O)N2CCN(S(=O)(=O)CC=Cc3ccc4cc(Cl)ccc4c3)CC2)CC1. The highest BCUT2D eigenvalue weighted by molar-refractivity contribution is 7.89. The van der Waals surface area contributed by atoms with Crippen molar-refractivity contribution < 1.29 is 13.2 Å². The zero-order valence-corrected chi connectivity index (χ0v) is 20.4. The van der Waals surface area contributed by atoms with Crippen molar-refractivity contribution in [2.45, 2.75) is 25.7 Å². The van der Waals surface area contributed by atoms with E-state index < -0.39 is 10.0 Å². The van der Waals surface area contributed by atoms with E-state index in [1.807, 2.05) is 47.4 Å². The smallest absolute Gasteiger partial charge is 0.225 e. The average molecular weight is 490 g/mol. The van der Waals surface area contributed by atoms with E-state index in [0.29, 0.717) is 43.7 Å². The summed E-state index contributed by atoms with van der Waals surface area (Å²) in [6, 6.07) is 11.7. The van der Waals surface area contributed by atoms with Crippen molar-refractivity contribution in [3.05, 3.63) is 53.1 Å². The second-order valence-electron chi connectivity index (χ2n) is 9.11. The van der Waals surface area contributed by atoms with Crippen LogP contribution in [-0.2, 0) is 14.8 Å². The molecule has 0 atom stereocenters. The molecule has 4 rings (SSSR count). The Hall–Kier alpha value is -1.93. The number of halogens is 1. The second kappa shape index (κ2) is 10.6. The molecule has 2 N–H and O–H groups in total. The average Bonchev–Trinajstić information content (AvgIpc) is 2.83. The van der Waals surface area contributed by atoms with Gasteiger partial charge >= 0.3 is 0 Å². The lowest BCUT2D eigenvalue weighted by atomic mass is 9.81. The summed E-state index contributed by atoms with van der Waals surface area (Å²) in [5, 5.41) is 2.80. The molecule has 2 aliphatic rings. The highest BCUT2D eigenvalue weighted by atomic mass is 35.5. The number of carbonyl (C=O) groups is 1. The molecule has 178 valence electrons. The van der Waals surface area contributed by atoms with Gasteiger partial charge in [0.15, 0.2) is 0 Å². The first-order valence-corrected chi connectivity index (χ1v) is 13.7. The maximum Gasteiger partial charge on any atom is 0.225 e. The first-order chi connectivity index (χ1) is 15.9. The van der Waals surface area contributed by atoms with Crippen molar-refractivity contribution >= 4 is 44.4 Å². The van der Waals surface area contributed by atoms with E-state index in [1.165, 1.54) is 4.31 Å². The molecular weight excluding hydrogens is 458 g/mol. The Morgan fingerprint density at radius 1 is 1.00 bits per heavy atom. The van der Waals surface area contributed by atoms with Crippen LogP contribution < -0.4 is 5.73 Å². The minimum Gasteiger partial charge on any atom is -0.340 e. The molecule has 6 nitrogen and oxygen atoms in total. The standard InChI is InChI=1S/C25H32ClN3O3S/c26-24-10-9-22-16-19(3-8-23(22)17-24)2-1-15-33(31,32)29-13-11-28(12-14-29)25(30)21-6-4-20(18-27)5-7-21/h1-3,8-10,16-17,20-21H,4-7,11-15,18,27H2. The van der Waals surface area contributed by atoms with Gasteiger partial charge in [0.25, 0.3) is 0 Å². The lowest BCUT2D eigenvalue weighted by Gasteiger charge is -2.37. The fourth-order valence-electron chi connectivity index (χ4n) is 4.84. The van der Waals surface area contributed by atoms with Crippen molar-refractivity contribution in [2.24, 2.45) is 17.6 Å². The van der Waals surface area contributed by atoms with Crippen LogP contribution in [0.15, 0.2) is 42.5 Å². The second-order valence-corrected chi connectivity index (χ2v) is 11.6. The van der Waals surface area contributed by atoms with Gasteiger partial charge in [-0.1, -0.05) is 42.0 Å². The van der Waals surface area contributed by atoms with Crippen molar-refractivity contribution in [1.29, 1.82) is 0 Å². The van der Waals surface area contributed by atoms with Gasteiger partial charge in [0.2, 0.25) is 15.9 Å². The number of piperazine rings is 1. The number of hydrogen-bond acceptors (Lipinski definition) is 4. The van der Waals surface area contributed by atoms with E-state index in [9.17, 15) is 13.2 Å². The van der Waals surface area contributed by atoms with Crippen molar-refractivity contribution in [2.75, 3.05) is 38.5 Å². The minimum atomic E-state index is -3.41. The van der Waals surface area contributed by atoms with Gasteiger partial charge in [-0.3, -0.25) is 4.79 Å². The molecule has 0 radical (unpaired) electrons. The van der Waals surface area contributed by atoms with Crippen molar-refractivity contribution in [3.63, 3.8) is 0 Å². The number of rotatable bonds is 6. The molecule has 2 aromatic carbocycles. The number of fused-ring (bicyclic) bond motifs is 1. The van der Waals surface area contributed by atoms with Gasteiger partial charge < -0.3 is 10.6 Å². The molecule has 2 fully saturated rings. The largest absolute Gasteiger partial charge is 0.340 e. The van der Waals surface area contributed by atoms with Crippen LogP contribution in [0.4, 0.5) is 0 Å². The van der Waals surface area contributed by atoms with Gasteiger partial charge in [-0.15, -0.1) is 0 Å². The van der Waals surface area contributed by atoms with E-state index >= 15 is 0 Å². The molecule has 1 saturated carbocycles. The summed E-state index contributed by atoms with van der Waals surface area (Å²) in [6.07, 6.45) is 7.34. The first kappa shape index (κ1) is 24.2. The van der Waals surface area contributed by atoms with E-state index in [0.717, 1.165) is 42.0 Å². The van der Waals surface area contributed by atoms with Gasteiger partial charge in [-0.25, -0.2) is 8.42 Å². The third-order valence-corrected chi connectivity index (χ3v) is 8.92. The van der Waals surface area contributed by atoms with E-state index in [1.54, 1.807) is 6.08 Å². The van der Waals surface area contributed by atoms with Gasteiger partial charge in [-0.2, -0.15) is 4.31 Å². The van der Waals surface area contributed by atoms with Crippen LogP contribution in [0.3, 0.4) is 0 Å². The van der Waals surface area contributed by atoms with Crippen LogP contribution in [0.2, 0.25) is 5.02 Å². The Balaban J connectivity index is 1.29. The molecule has 1 saturated heterocycles. The predicted octanol–water partition coefficient (Wildman–Crippen LogP) is 3.75. The van der Waals surface area contributed by atoms with Crippen LogP contribution in [-0.4, -0.2) is 62.0 Å². The Morgan fingerprint density at radius 2 is 1.67 bits per heavy atom. The maximum atomic E-state index is 12.9. The van der Waals surface area contributed by atoms with E-state index in [-0.39, 0.29) is 17.6 Å². The van der Waals surface area contributed by atoms with Crippen LogP contribution in [0, 0.1) is 11.8 Å². The summed E-state index contributed by atoms with van der Waals surface area (Å²) >= 11 is 6.03. The molecule has 1 amide bonds. The van der Waals surface area contributed by atoms with Crippen LogP contribution in [0.25, 0.3) is 16.8 Å². The molecule has 8 heteroatoms. The van der Waals surface area contributed by atoms with Crippen LogP contribution in [0.1, 0.15) is 31.2 Å². The Morgan fingerprint density at radius 3 is 2.36 bits per heavy atom. The fraction of sp³-hybridized carbons (Fsp3) is 0.480. The minimum absolute atomic E-state index is 0.0529. The van der Waals surface area contributed by atoms with Gasteiger partial charge in [0, 0.05) is 37.1 Å². The highest BCUT2D eigenvalue weighted by Gasteiger charge is 2.33. The Kier molecular flexibility index (Phi) is 7.74. The van der Waals surface area contributed by atoms with Crippen molar-refractivity contribution in [3.8, 4) is 0 Å². The molecule has 0 unspecified atom stereocenters. The molecular formula is C25H32ClN3O3S. The summed E-state index contributed by atoms with van der Waals surface area (Å²) in [4.78, 5) is 14.7. The van der Waals surface area contributed by atoms with Gasteiger partial charge in [0.05, 0.1) is 5.75 Å². The Labute approximate surface area is 201 Å². The lowest BCUT2D eigenvalue weighted by Crippen LogP contribution is -2.52. The topological polar surface area (TPSA) is 83.7 Å². The number of hydrogen-bond donors (Lipinski definition) is 1.